The number of hydrogen-bond acceptors (Lipinski definition) is 6. The number of ether oxygens (including phenoxy) is 1. The van der Waals surface area contributed by atoms with E-state index in [0.717, 1.165) is 11.3 Å². The molecule has 3 rings (SSSR count). The Hall–Kier alpha value is -3.40. The minimum absolute atomic E-state index is 0.0639. The lowest BCUT2D eigenvalue weighted by atomic mass is 10.1. The number of carbonyl (C=O) groups is 2. The predicted octanol–water partition coefficient (Wildman–Crippen LogP) is 4.43. The van der Waals surface area contributed by atoms with Gasteiger partial charge in [-0.25, -0.2) is 9.37 Å². The van der Waals surface area contributed by atoms with Crippen LogP contribution in [0.2, 0.25) is 0 Å². The van der Waals surface area contributed by atoms with Gasteiger partial charge in [-0.2, -0.15) is 8.78 Å². The molecular formula is C21H18F3N3O3S. The van der Waals surface area contributed by atoms with E-state index in [0.29, 0.717) is 21.4 Å². The van der Waals surface area contributed by atoms with Gasteiger partial charge in [-0.15, -0.1) is 0 Å². The number of hydrogen-bond donors (Lipinski definition) is 1. The first-order valence-corrected chi connectivity index (χ1v) is 9.90. The Bertz CT molecular complexity index is 1090. The molecular weight excluding hydrogens is 431 g/mol. The molecule has 0 aliphatic carbocycles. The maximum atomic E-state index is 13.4. The van der Waals surface area contributed by atoms with E-state index in [9.17, 15) is 22.8 Å². The van der Waals surface area contributed by atoms with Crippen LogP contribution < -0.4 is 15.4 Å². The first-order valence-electron chi connectivity index (χ1n) is 9.08. The quantitative estimate of drug-likeness (QED) is 0.514. The van der Waals surface area contributed by atoms with Gasteiger partial charge in [0.25, 0.3) is 0 Å². The molecule has 0 saturated heterocycles. The summed E-state index contributed by atoms with van der Waals surface area (Å²) >= 11 is 1.04. The Morgan fingerprint density at radius 3 is 2.26 bits per heavy atom. The fourth-order valence-corrected chi connectivity index (χ4v) is 3.97. The molecule has 31 heavy (non-hydrogen) atoms. The number of benzene rings is 2. The molecule has 1 amide bonds. The van der Waals surface area contributed by atoms with Crippen molar-refractivity contribution < 1.29 is 27.5 Å². The maximum Gasteiger partial charge on any atom is 0.387 e. The van der Waals surface area contributed by atoms with Crippen LogP contribution >= 0.6 is 11.3 Å². The molecule has 2 N–H and O–H groups in total. The number of amides is 1. The Morgan fingerprint density at radius 2 is 1.71 bits per heavy atom. The van der Waals surface area contributed by atoms with Crippen molar-refractivity contribution >= 4 is 33.8 Å². The lowest BCUT2D eigenvalue weighted by molar-refractivity contribution is -0.118. The third-order valence-corrected chi connectivity index (χ3v) is 5.60. The second-order valence-electron chi connectivity index (χ2n) is 6.57. The van der Waals surface area contributed by atoms with Crippen molar-refractivity contribution in [1.29, 1.82) is 0 Å². The summed E-state index contributed by atoms with van der Waals surface area (Å²) in [6.07, 6.45) is 0. The fourth-order valence-electron chi connectivity index (χ4n) is 2.84. The van der Waals surface area contributed by atoms with Crippen LogP contribution in [0.15, 0.2) is 48.5 Å². The Balaban J connectivity index is 1.95. The summed E-state index contributed by atoms with van der Waals surface area (Å²) < 4.78 is 42.3. The van der Waals surface area contributed by atoms with Gasteiger partial charge < -0.3 is 15.4 Å². The largest absolute Gasteiger partial charge is 0.435 e. The van der Waals surface area contributed by atoms with Crippen molar-refractivity contribution in [3.63, 3.8) is 0 Å². The first kappa shape index (κ1) is 22.3. The van der Waals surface area contributed by atoms with Gasteiger partial charge >= 0.3 is 6.61 Å². The van der Waals surface area contributed by atoms with E-state index < -0.39 is 24.4 Å². The van der Waals surface area contributed by atoms with Crippen LogP contribution in [0.25, 0.3) is 0 Å². The molecule has 0 fully saturated rings. The number of thiazole rings is 1. The number of nitrogens with zero attached hydrogens (tertiary/aromatic N) is 2. The van der Waals surface area contributed by atoms with Crippen LogP contribution in [0.5, 0.6) is 5.75 Å². The number of aryl methyl sites for hydroxylation is 1. The fraction of sp³-hybridized carbons (Fsp3) is 0.190. The Labute approximate surface area is 180 Å². The normalized spacial score (nSPS) is 11.9. The van der Waals surface area contributed by atoms with E-state index in [1.807, 2.05) is 0 Å². The Kier molecular flexibility index (Phi) is 6.59. The van der Waals surface area contributed by atoms with Crippen molar-refractivity contribution in [3.8, 4) is 5.75 Å². The molecule has 162 valence electrons. The lowest BCUT2D eigenvalue weighted by Crippen LogP contribution is -2.39. The number of halogens is 3. The highest BCUT2D eigenvalue weighted by atomic mass is 32.1. The van der Waals surface area contributed by atoms with E-state index in [1.54, 1.807) is 13.8 Å². The molecule has 0 bridgehead atoms. The van der Waals surface area contributed by atoms with Crippen LogP contribution in [0, 0.1) is 12.7 Å². The average Bonchev–Trinajstić information content (AvgIpc) is 3.10. The SMILES string of the molecule is Cc1nc(N(c2ccc(F)cc2)C(C)C(N)=O)sc1C(=O)c1ccc(OC(F)F)cc1. The highest BCUT2D eigenvalue weighted by molar-refractivity contribution is 7.18. The van der Waals surface area contributed by atoms with Gasteiger partial charge in [0, 0.05) is 11.3 Å². The summed E-state index contributed by atoms with van der Waals surface area (Å²) in [7, 11) is 0. The summed E-state index contributed by atoms with van der Waals surface area (Å²) in [5.74, 6) is -1.50. The predicted molar refractivity (Wildman–Crippen MR) is 111 cm³/mol. The second-order valence-corrected chi connectivity index (χ2v) is 7.55. The molecule has 1 unspecified atom stereocenters. The van der Waals surface area contributed by atoms with E-state index in [4.69, 9.17) is 5.73 Å². The molecule has 6 nitrogen and oxygen atoms in total. The summed E-state index contributed by atoms with van der Waals surface area (Å²) in [5.41, 5.74) is 6.63. The first-order chi connectivity index (χ1) is 14.7. The van der Waals surface area contributed by atoms with Crippen LogP contribution in [-0.2, 0) is 4.79 Å². The van der Waals surface area contributed by atoms with Gasteiger partial charge in [-0.05, 0) is 62.4 Å². The van der Waals surface area contributed by atoms with Crippen LogP contribution in [0.4, 0.5) is 24.0 Å². The van der Waals surface area contributed by atoms with Gasteiger partial charge in [0.2, 0.25) is 11.7 Å². The van der Waals surface area contributed by atoms with E-state index in [2.05, 4.69) is 9.72 Å². The highest BCUT2D eigenvalue weighted by Crippen LogP contribution is 2.34. The number of aromatic nitrogens is 1. The topological polar surface area (TPSA) is 85.5 Å². The van der Waals surface area contributed by atoms with E-state index in [1.165, 1.54) is 53.4 Å². The number of carbonyl (C=O) groups excluding carboxylic acids is 2. The van der Waals surface area contributed by atoms with Crippen LogP contribution in [-0.4, -0.2) is 29.3 Å². The molecule has 0 spiro atoms. The summed E-state index contributed by atoms with van der Waals surface area (Å²) in [4.78, 5) is 31.0. The molecule has 3 aromatic rings. The van der Waals surface area contributed by atoms with Gasteiger partial charge in [-0.3, -0.25) is 9.59 Å². The number of nitrogens with two attached hydrogens (primary N) is 1. The van der Waals surface area contributed by atoms with Crippen molar-refractivity contribution in [2.75, 3.05) is 4.90 Å². The number of primary amides is 1. The van der Waals surface area contributed by atoms with Gasteiger partial charge in [0.15, 0.2) is 5.13 Å². The van der Waals surface area contributed by atoms with Gasteiger partial charge in [-0.1, -0.05) is 11.3 Å². The van der Waals surface area contributed by atoms with Gasteiger partial charge in [0.1, 0.15) is 17.6 Å². The molecule has 0 radical (unpaired) electrons. The van der Waals surface area contributed by atoms with Crippen molar-refractivity contribution in [1.82, 2.24) is 4.98 Å². The standard InChI is InChI=1S/C21H18F3N3O3S/c1-11-18(17(28)13-3-9-16(10-4-13)30-20(23)24)31-21(26-11)27(12(2)19(25)29)15-7-5-14(22)6-8-15/h3-10,12,20H,1-2H3,(H2,25,29). The van der Waals surface area contributed by atoms with Crippen molar-refractivity contribution in [2.45, 2.75) is 26.5 Å². The van der Waals surface area contributed by atoms with Gasteiger partial charge in [0.05, 0.1) is 10.6 Å². The molecule has 1 aromatic heterocycles. The minimum Gasteiger partial charge on any atom is -0.435 e. The number of ketones is 1. The molecule has 0 saturated carbocycles. The number of anilines is 2. The molecule has 10 heteroatoms. The maximum absolute atomic E-state index is 13.4. The van der Waals surface area contributed by atoms with E-state index in [-0.39, 0.29) is 17.1 Å². The highest BCUT2D eigenvalue weighted by Gasteiger charge is 2.27. The zero-order chi connectivity index (χ0) is 22.7. The zero-order valence-corrected chi connectivity index (χ0v) is 17.3. The van der Waals surface area contributed by atoms with Crippen LogP contribution in [0.1, 0.15) is 27.9 Å². The van der Waals surface area contributed by atoms with Crippen molar-refractivity contribution in [2.24, 2.45) is 5.73 Å². The number of alkyl halides is 2. The Morgan fingerprint density at radius 1 is 1.10 bits per heavy atom. The summed E-state index contributed by atoms with van der Waals surface area (Å²) in [5, 5.41) is 0.330. The average molecular weight is 449 g/mol. The molecule has 0 aliphatic heterocycles. The molecule has 2 aromatic carbocycles. The molecule has 1 heterocycles. The van der Waals surface area contributed by atoms with Crippen molar-refractivity contribution in [3.05, 3.63) is 70.5 Å². The molecule has 0 aliphatic rings. The lowest BCUT2D eigenvalue weighted by Gasteiger charge is -2.26. The third-order valence-electron chi connectivity index (χ3n) is 4.44. The smallest absolute Gasteiger partial charge is 0.387 e. The molecule has 1 atom stereocenters. The summed E-state index contributed by atoms with van der Waals surface area (Å²) in [6.45, 7) is 0.253. The third kappa shape index (κ3) is 5.02. The van der Waals surface area contributed by atoms with Crippen LogP contribution in [0.3, 0.4) is 0 Å². The van der Waals surface area contributed by atoms with E-state index >= 15 is 0 Å². The minimum atomic E-state index is -2.96. The summed E-state index contributed by atoms with van der Waals surface area (Å²) in [6, 6.07) is 9.93. The number of rotatable bonds is 8. The second kappa shape index (κ2) is 9.17. The monoisotopic (exact) mass is 449 g/mol. The zero-order valence-electron chi connectivity index (χ0n) is 16.5.